The molecular weight excluding hydrogens is 514 g/mol. The normalized spacial score (nSPS) is 17.6. The molecule has 1 amide bonds. The van der Waals surface area contributed by atoms with Gasteiger partial charge < -0.3 is 33.5 Å². The van der Waals surface area contributed by atoms with Crippen LogP contribution in [-0.4, -0.2) is 64.2 Å². The molecule has 10 nitrogen and oxygen atoms in total. The highest BCUT2D eigenvalue weighted by Crippen LogP contribution is 2.43. The van der Waals surface area contributed by atoms with E-state index in [0.717, 1.165) is 0 Å². The lowest BCUT2D eigenvalue weighted by atomic mass is 9.94. The van der Waals surface area contributed by atoms with E-state index in [2.05, 4.69) is 11.6 Å². The third kappa shape index (κ3) is 5.38. The number of nitrogens with zero attached hydrogens (tertiary/aromatic N) is 3. The molecule has 3 aromatic rings. The fraction of sp³-hybridized carbons (Fsp3) is 0.300. The number of ketones is 1. The topological polar surface area (TPSA) is 112 Å². The molecule has 10 heteroatoms. The van der Waals surface area contributed by atoms with Crippen LogP contribution < -0.4 is 18.9 Å². The molecule has 1 fully saturated rings. The van der Waals surface area contributed by atoms with Crippen molar-refractivity contribution in [2.45, 2.75) is 25.9 Å². The SMILES string of the molecule is C=CCOc1ccc([C@@H]2C(=C(O)c3ccc4c(c3)OCCO4)C(=O)C(=O)N2CCCn2ccnc2)cc1OCC. The van der Waals surface area contributed by atoms with Gasteiger partial charge in [-0.15, -0.1) is 0 Å². The number of carbonyl (C=O) groups excluding carboxylic acids is 2. The highest BCUT2D eigenvalue weighted by atomic mass is 16.6. The number of imidazole rings is 1. The number of carbonyl (C=O) groups is 2. The number of aliphatic hydroxyl groups excluding tert-OH is 1. The summed E-state index contributed by atoms with van der Waals surface area (Å²) >= 11 is 0. The van der Waals surface area contributed by atoms with Crippen LogP contribution in [0.25, 0.3) is 5.76 Å². The summed E-state index contributed by atoms with van der Waals surface area (Å²) in [5.41, 5.74) is 0.948. The van der Waals surface area contributed by atoms with Crippen LogP contribution >= 0.6 is 0 Å². The summed E-state index contributed by atoms with van der Waals surface area (Å²) in [6, 6.07) is 9.35. The van der Waals surface area contributed by atoms with Crippen LogP contribution in [0, 0.1) is 0 Å². The Kier molecular flexibility index (Phi) is 8.04. The molecule has 2 aromatic carbocycles. The number of aryl methyl sites for hydroxylation is 1. The molecule has 0 bridgehead atoms. The van der Waals surface area contributed by atoms with Crippen LogP contribution in [0.5, 0.6) is 23.0 Å². The number of fused-ring (bicyclic) bond motifs is 1. The minimum absolute atomic E-state index is 0.00785. The second-order valence-corrected chi connectivity index (χ2v) is 9.24. The Labute approximate surface area is 232 Å². The van der Waals surface area contributed by atoms with Crippen molar-refractivity contribution in [1.82, 2.24) is 14.5 Å². The van der Waals surface area contributed by atoms with Gasteiger partial charge in [-0.05, 0) is 49.2 Å². The van der Waals surface area contributed by atoms with E-state index >= 15 is 0 Å². The molecule has 0 unspecified atom stereocenters. The van der Waals surface area contributed by atoms with E-state index in [-0.39, 0.29) is 24.5 Å². The number of Topliss-reactive ketones (excluding diaryl/α,β-unsaturated/α-hetero) is 1. The van der Waals surface area contributed by atoms with E-state index < -0.39 is 17.7 Å². The predicted molar refractivity (Wildman–Crippen MR) is 147 cm³/mol. The summed E-state index contributed by atoms with van der Waals surface area (Å²) in [6.45, 7) is 7.91. The molecule has 5 rings (SSSR count). The van der Waals surface area contributed by atoms with Gasteiger partial charge >= 0.3 is 0 Å². The summed E-state index contributed by atoms with van der Waals surface area (Å²) in [7, 11) is 0. The number of amides is 1. The molecule has 0 spiro atoms. The molecular formula is C30H31N3O7. The van der Waals surface area contributed by atoms with E-state index in [9.17, 15) is 14.7 Å². The molecule has 2 aliphatic rings. The molecule has 40 heavy (non-hydrogen) atoms. The standard InChI is InChI=1S/C30H31N3O7/c1-3-14-38-22-8-6-20(17-24(22)37-4-2)27-26(28(34)21-7-9-23-25(18-21)40-16-15-39-23)29(35)30(36)33(27)12-5-11-32-13-10-31-19-32/h3,6-10,13,17-19,27,34H,1,4-5,11-12,14-16H2,2H3/t27-/m1/s1. The van der Waals surface area contributed by atoms with Gasteiger partial charge in [0.25, 0.3) is 11.7 Å². The Morgan fingerprint density at radius 2 is 1.93 bits per heavy atom. The van der Waals surface area contributed by atoms with E-state index in [4.69, 9.17) is 18.9 Å². The molecule has 0 radical (unpaired) electrons. The van der Waals surface area contributed by atoms with Gasteiger partial charge in [-0.25, -0.2) is 4.98 Å². The maximum atomic E-state index is 13.5. The van der Waals surface area contributed by atoms with Crippen molar-refractivity contribution in [1.29, 1.82) is 0 Å². The zero-order chi connectivity index (χ0) is 28.1. The van der Waals surface area contributed by atoms with Crippen molar-refractivity contribution in [3.8, 4) is 23.0 Å². The van der Waals surface area contributed by atoms with Crippen molar-refractivity contribution in [2.24, 2.45) is 0 Å². The number of aliphatic hydroxyl groups is 1. The fourth-order valence-corrected chi connectivity index (χ4v) is 4.88. The van der Waals surface area contributed by atoms with Crippen LogP contribution in [0.3, 0.4) is 0 Å². The quantitative estimate of drug-likeness (QED) is 0.166. The second kappa shape index (κ2) is 12.0. The van der Waals surface area contributed by atoms with Gasteiger partial charge in [0.05, 0.1) is 24.5 Å². The van der Waals surface area contributed by atoms with Gasteiger partial charge in [-0.2, -0.15) is 0 Å². The molecule has 1 aromatic heterocycles. The van der Waals surface area contributed by atoms with Crippen LogP contribution in [0.4, 0.5) is 0 Å². The number of benzene rings is 2. The van der Waals surface area contributed by atoms with E-state index in [1.54, 1.807) is 55.0 Å². The number of ether oxygens (including phenoxy) is 4. The minimum Gasteiger partial charge on any atom is -0.507 e. The monoisotopic (exact) mass is 545 g/mol. The van der Waals surface area contributed by atoms with Crippen LogP contribution in [-0.2, 0) is 16.1 Å². The summed E-state index contributed by atoms with van der Waals surface area (Å²) < 4.78 is 24.7. The number of aromatic nitrogens is 2. The Morgan fingerprint density at radius 1 is 1.10 bits per heavy atom. The van der Waals surface area contributed by atoms with Gasteiger partial charge in [0.15, 0.2) is 23.0 Å². The number of rotatable bonds is 11. The largest absolute Gasteiger partial charge is 0.507 e. The summed E-state index contributed by atoms with van der Waals surface area (Å²) in [5, 5.41) is 11.5. The van der Waals surface area contributed by atoms with Crippen molar-refractivity contribution in [2.75, 3.05) is 33.0 Å². The Morgan fingerprint density at radius 3 is 2.67 bits per heavy atom. The van der Waals surface area contributed by atoms with E-state index in [1.165, 1.54) is 4.90 Å². The summed E-state index contributed by atoms with van der Waals surface area (Å²) in [6.07, 6.45) is 7.42. The highest BCUT2D eigenvalue weighted by Gasteiger charge is 2.46. The lowest BCUT2D eigenvalue weighted by molar-refractivity contribution is -0.139. The molecule has 3 heterocycles. The first-order chi connectivity index (χ1) is 19.5. The van der Waals surface area contributed by atoms with Gasteiger partial charge in [-0.1, -0.05) is 18.7 Å². The van der Waals surface area contributed by atoms with Crippen LogP contribution in [0.1, 0.15) is 30.5 Å². The average Bonchev–Trinajstić information content (AvgIpc) is 3.58. The molecule has 1 atom stereocenters. The molecule has 0 saturated carbocycles. The average molecular weight is 546 g/mol. The number of likely N-dealkylation sites (tertiary alicyclic amines) is 1. The fourth-order valence-electron chi connectivity index (χ4n) is 4.88. The van der Waals surface area contributed by atoms with Crippen molar-refractivity contribution >= 4 is 17.4 Å². The van der Waals surface area contributed by atoms with Gasteiger partial charge in [-0.3, -0.25) is 9.59 Å². The van der Waals surface area contributed by atoms with Crippen molar-refractivity contribution < 1.29 is 33.6 Å². The summed E-state index contributed by atoms with van der Waals surface area (Å²) in [5.74, 6) is 0.256. The smallest absolute Gasteiger partial charge is 0.295 e. The molecule has 208 valence electrons. The van der Waals surface area contributed by atoms with Crippen molar-refractivity contribution in [3.63, 3.8) is 0 Å². The minimum atomic E-state index is -0.844. The zero-order valence-corrected chi connectivity index (χ0v) is 22.2. The van der Waals surface area contributed by atoms with Crippen LogP contribution in [0.2, 0.25) is 0 Å². The molecule has 1 N–H and O–H groups in total. The molecule has 2 aliphatic heterocycles. The Hall–Kier alpha value is -4.73. The first kappa shape index (κ1) is 26.9. The predicted octanol–water partition coefficient (Wildman–Crippen LogP) is 4.13. The Bertz CT molecular complexity index is 1430. The van der Waals surface area contributed by atoms with E-state index in [0.29, 0.717) is 66.9 Å². The Balaban J connectivity index is 1.56. The lowest BCUT2D eigenvalue weighted by Gasteiger charge is -2.26. The third-order valence-corrected chi connectivity index (χ3v) is 6.67. The maximum Gasteiger partial charge on any atom is 0.295 e. The molecule has 0 aliphatic carbocycles. The number of hydrogen-bond donors (Lipinski definition) is 1. The molecule has 1 saturated heterocycles. The lowest BCUT2D eigenvalue weighted by Crippen LogP contribution is -2.31. The van der Waals surface area contributed by atoms with Gasteiger partial charge in [0.2, 0.25) is 0 Å². The third-order valence-electron chi connectivity index (χ3n) is 6.67. The van der Waals surface area contributed by atoms with Crippen LogP contribution in [0.15, 0.2) is 73.3 Å². The first-order valence-corrected chi connectivity index (χ1v) is 13.2. The summed E-state index contributed by atoms with van der Waals surface area (Å²) in [4.78, 5) is 32.4. The van der Waals surface area contributed by atoms with Gasteiger partial charge in [0.1, 0.15) is 25.6 Å². The second-order valence-electron chi connectivity index (χ2n) is 9.24. The maximum absolute atomic E-state index is 13.5. The zero-order valence-electron chi connectivity index (χ0n) is 22.2. The first-order valence-electron chi connectivity index (χ1n) is 13.2. The highest BCUT2D eigenvalue weighted by molar-refractivity contribution is 6.46. The van der Waals surface area contributed by atoms with Gasteiger partial charge in [0, 0.05) is 31.0 Å². The van der Waals surface area contributed by atoms with Crippen molar-refractivity contribution in [3.05, 3.63) is 84.5 Å². The number of hydrogen-bond acceptors (Lipinski definition) is 8. The van der Waals surface area contributed by atoms with E-state index in [1.807, 2.05) is 17.7 Å².